The van der Waals surface area contributed by atoms with Crippen LogP contribution in [0.25, 0.3) is 0 Å². The summed E-state index contributed by atoms with van der Waals surface area (Å²) in [6.45, 7) is 8.85. The first-order chi connectivity index (χ1) is 9.58. The Morgan fingerprint density at radius 1 is 1.25 bits per heavy atom. The van der Waals surface area contributed by atoms with Crippen molar-refractivity contribution in [3.8, 4) is 0 Å². The van der Waals surface area contributed by atoms with Gasteiger partial charge in [0.15, 0.2) is 0 Å². The van der Waals surface area contributed by atoms with Gasteiger partial charge in [0.1, 0.15) is 0 Å². The quantitative estimate of drug-likeness (QED) is 0.766. The number of hydrogen-bond acceptors (Lipinski definition) is 3. The zero-order valence-corrected chi connectivity index (χ0v) is 13.1. The van der Waals surface area contributed by atoms with Crippen LogP contribution >= 0.6 is 0 Å². The molecule has 0 saturated heterocycles. The van der Waals surface area contributed by atoms with Crippen LogP contribution in [-0.2, 0) is 0 Å². The van der Waals surface area contributed by atoms with Gasteiger partial charge in [-0.1, -0.05) is 13.8 Å². The van der Waals surface area contributed by atoms with Crippen LogP contribution in [0.4, 0.5) is 5.69 Å². The van der Waals surface area contributed by atoms with Gasteiger partial charge in [-0.15, -0.1) is 0 Å². The monoisotopic (exact) mass is 277 g/mol. The number of anilines is 1. The topological polar surface area (TPSA) is 44.4 Å². The number of benzene rings is 1. The Morgan fingerprint density at radius 3 is 2.45 bits per heavy atom. The number of amides is 1. The minimum Gasteiger partial charge on any atom is -0.375 e. The fourth-order valence-electron chi connectivity index (χ4n) is 2.10. The average Bonchev–Trinajstić information content (AvgIpc) is 2.45. The molecule has 0 aliphatic rings. The molecule has 0 bridgehead atoms. The zero-order valence-electron chi connectivity index (χ0n) is 13.1. The highest BCUT2D eigenvalue weighted by Gasteiger charge is 2.08. The van der Waals surface area contributed by atoms with Crippen LogP contribution in [0.5, 0.6) is 0 Å². The predicted molar refractivity (Wildman–Crippen MR) is 85.5 cm³/mol. The van der Waals surface area contributed by atoms with Crippen LogP contribution in [0.15, 0.2) is 24.3 Å². The number of hydrogen-bond donors (Lipinski definition) is 2. The number of nitrogens with zero attached hydrogens (tertiary/aromatic N) is 1. The largest absolute Gasteiger partial charge is 0.375 e. The smallest absolute Gasteiger partial charge is 0.251 e. The Hall–Kier alpha value is -1.55. The second-order valence-corrected chi connectivity index (χ2v) is 5.14. The van der Waals surface area contributed by atoms with Gasteiger partial charge in [-0.2, -0.15) is 0 Å². The van der Waals surface area contributed by atoms with Crippen molar-refractivity contribution in [1.82, 2.24) is 10.6 Å². The Labute approximate surface area is 122 Å². The summed E-state index contributed by atoms with van der Waals surface area (Å²) in [6, 6.07) is 8.05. The summed E-state index contributed by atoms with van der Waals surface area (Å²) in [5.74, 6) is -0.0144. The summed E-state index contributed by atoms with van der Waals surface area (Å²) in [7, 11) is 2.07. The van der Waals surface area contributed by atoms with Gasteiger partial charge in [0.2, 0.25) is 0 Å². The molecule has 1 amide bonds. The van der Waals surface area contributed by atoms with Crippen LogP contribution in [0, 0.1) is 0 Å². The van der Waals surface area contributed by atoms with Gasteiger partial charge >= 0.3 is 0 Å². The van der Waals surface area contributed by atoms with Gasteiger partial charge < -0.3 is 15.5 Å². The molecule has 2 N–H and O–H groups in total. The van der Waals surface area contributed by atoms with Crippen LogP contribution in [-0.4, -0.2) is 38.6 Å². The molecule has 112 valence electrons. The lowest BCUT2D eigenvalue weighted by Crippen LogP contribution is -2.38. The van der Waals surface area contributed by atoms with Gasteiger partial charge in [0, 0.05) is 37.4 Å². The Morgan fingerprint density at radius 2 is 1.90 bits per heavy atom. The molecule has 0 aliphatic heterocycles. The third kappa shape index (κ3) is 5.21. The molecule has 4 heteroatoms. The molecular formula is C16H27N3O. The van der Waals surface area contributed by atoms with E-state index in [2.05, 4.69) is 43.4 Å². The summed E-state index contributed by atoms with van der Waals surface area (Å²) < 4.78 is 0. The number of nitrogens with one attached hydrogen (secondary N) is 2. The van der Waals surface area contributed by atoms with Gasteiger partial charge in [-0.25, -0.2) is 0 Å². The molecule has 0 unspecified atom stereocenters. The van der Waals surface area contributed by atoms with Crippen molar-refractivity contribution in [2.24, 2.45) is 0 Å². The minimum absolute atomic E-state index is 0.0144. The number of likely N-dealkylation sites (N-methyl/N-ethyl adjacent to an activating group) is 1. The van der Waals surface area contributed by atoms with Gasteiger partial charge in [0.25, 0.3) is 5.91 Å². The summed E-state index contributed by atoms with van der Waals surface area (Å²) >= 11 is 0. The minimum atomic E-state index is -0.0144. The summed E-state index contributed by atoms with van der Waals surface area (Å²) in [4.78, 5) is 14.2. The molecular weight excluding hydrogens is 250 g/mol. The number of rotatable bonds is 8. The molecule has 1 aromatic carbocycles. The van der Waals surface area contributed by atoms with Crippen molar-refractivity contribution < 1.29 is 4.79 Å². The molecule has 0 heterocycles. The second kappa shape index (κ2) is 8.59. The van der Waals surface area contributed by atoms with Crippen LogP contribution in [0.1, 0.15) is 37.6 Å². The van der Waals surface area contributed by atoms with Crippen LogP contribution < -0.4 is 15.5 Å². The Bertz CT molecular complexity index is 403. The molecule has 1 rings (SSSR count). The van der Waals surface area contributed by atoms with Gasteiger partial charge in [-0.05, 0) is 44.2 Å². The molecule has 20 heavy (non-hydrogen) atoms. The first-order valence-corrected chi connectivity index (χ1v) is 7.41. The molecule has 0 aliphatic carbocycles. The van der Waals surface area contributed by atoms with Crippen molar-refractivity contribution in [3.05, 3.63) is 29.8 Å². The van der Waals surface area contributed by atoms with E-state index in [0.717, 1.165) is 25.2 Å². The maximum Gasteiger partial charge on any atom is 0.251 e. The molecule has 0 aromatic heterocycles. The Balaban J connectivity index is 2.53. The third-order valence-electron chi connectivity index (χ3n) is 3.25. The lowest BCUT2D eigenvalue weighted by molar-refractivity contribution is 0.0950. The van der Waals surface area contributed by atoms with E-state index in [1.165, 1.54) is 0 Å². The second-order valence-electron chi connectivity index (χ2n) is 5.14. The Kier molecular flexibility index (Phi) is 7.09. The fraction of sp³-hybridized carbons (Fsp3) is 0.562. The van der Waals surface area contributed by atoms with E-state index >= 15 is 0 Å². The van der Waals surface area contributed by atoms with E-state index in [1.807, 2.05) is 24.3 Å². The highest BCUT2D eigenvalue weighted by molar-refractivity contribution is 5.94. The first-order valence-electron chi connectivity index (χ1n) is 7.41. The lowest BCUT2D eigenvalue weighted by Gasteiger charge is -2.18. The van der Waals surface area contributed by atoms with E-state index in [4.69, 9.17) is 0 Å². The molecule has 1 atom stereocenters. The van der Waals surface area contributed by atoms with Crippen molar-refractivity contribution in [1.29, 1.82) is 0 Å². The van der Waals surface area contributed by atoms with Crippen LogP contribution in [0.2, 0.25) is 0 Å². The van der Waals surface area contributed by atoms with Crippen molar-refractivity contribution in [3.63, 3.8) is 0 Å². The van der Waals surface area contributed by atoms with E-state index in [1.54, 1.807) is 0 Å². The highest BCUT2D eigenvalue weighted by atomic mass is 16.1. The number of carbonyl (C=O) groups is 1. The van der Waals surface area contributed by atoms with Crippen molar-refractivity contribution in [2.75, 3.05) is 31.6 Å². The normalized spacial score (nSPS) is 12.0. The van der Waals surface area contributed by atoms with E-state index < -0.39 is 0 Å². The van der Waals surface area contributed by atoms with Gasteiger partial charge in [0.05, 0.1) is 0 Å². The van der Waals surface area contributed by atoms with Crippen molar-refractivity contribution >= 4 is 11.6 Å². The maximum atomic E-state index is 12.0. The van der Waals surface area contributed by atoms with E-state index in [-0.39, 0.29) is 5.91 Å². The standard InChI is InChI=1S/C16H27N3O/c1-5-11-19(4)15-9-7-14(8-10-15)16(20)18-12-13(3)17-6-2/h7-10,13,17H,5-6,11-12H2,1-4H3,(H,18,20)/t13-/m1/s1. The molecule has 0 spiro atoms. The maximum absolute atomic E-state index is 12.0. The number of carbonyl (C=O) groups excluding carboxylic acids is 1. The molecule has 0 radical (unpaired) electrons. The molecule has 0 saturated carbocycles. The van der Waals surface area contributed by atoms with E-state index in [9.17, 15) is 4.79 Å². The zero-order chi connectivity index (χ0) is 15.0. The lowest BCUT2D eigenvalue weighted by atomic mass is 10.1. The fourth-order valence-corrected chi connectivity index (χ4v) is 2.10. The highest BCUT2D eigenvalue weighted by Crippen LogP contribution is 2.14. The summed E-state index contributed by atoms with van der Waals surface area (Å²) in [5.41, 5.74) is 1.85. The molecule has 1 aromatic rings. The summed E-state index contributed by atoms with van der Waals surface area (Å²) in [6.07, 6.45) is 1.11. The van der Waals surface area contributed by atoms with E-state index in [0.29, 0.717) is 18.2 Å². The SMILES string of the molecule is CCCN(C)c1ccc(C(=O)NC[C@@H](C)NCC)cc1. The predicted octanol–water partition coefficient (Wildman–Crippen LogP) is 2.26. The molecule has 4 nitrogen and oxygen atoms in total. The van der Waals surface area contributed by atoms with Crippen LogP contribution in [0.3, 0.4) is 0 Å². The summed E-state index contributed by atoms with van der Waals surface area (Å²) in [5, 5.41) is 6.21. The molecule has 0 fully saturated rings. The van der Waals surface area contributed by atoms with Gasteiger partial charge in [-0.3, -0.25) is 4.79 Å². The average molecular weight is 277 g/mol. The third-order valence-corrected chi connectivity index (χ3v) is 3.25. The van der Waals surface area contributed by atoms with Crippen molar-refractivity contribution in [2.45, 2.75) is 33.2 Å². The first kappa shape index (κ1) is 16.5.